The van der Waals surface area contributed by atoms with Crippen LogP contribution in [0, 0.1) is 0 Å². The number of carbonyl (C=O) groups excluding carboxylic acids is 1. The van der Waals surface area contributed by atoms with Gasteiger partial charge in [-0.2, -0.15) is 0 Å². The lowest BCUT2D eigenvalue weighted by Crippen LogP contribution is -2.53. The molecule has 2 amide bonds. The van der Waals surface area contributed by atoms with Crippen molar-refractivity contribution < 1.29 is 14.6 Å². The number of nitrogens with one attached hydrogen (secondary N) is 2. The van der Waals surface area contributed by atoms with Gasteiger partial charge in [0.25, 0.3) is 0 Å². The number of fused-ring (bicyclic) bond motifs is 1. The number of urea groups is 1. The van der Waals surface area contributed by atoms with Gasteiger partial charge < -0.3 is 20.5 Å². The van der Waals surface area contributed by atoms with E-state index in [0.717, 1.165) is 44.1 Å². The molecule has 1 aromatic carbocycles. The predicted molar refractivity (Wildman–Crippen MR) is 88.9 cm³/mol. The maximum Gasteiger partial charge on any atom is 0.315 e. The van der Waals surface area contributed by atoms with E-state index in [4.69, 9.17) is 16.3 Å². The second-order valence-corrected chi connectivity index (χ2v) is 6.85. The highest BCUT2D eigenvalue weighted by Crippen LogP contribution is 2.37. The first-order valence-corrected chi connectivity index (χ1v) is 8.62. The van der Waals surface area contributed by atoms with Crippen LogP contribution in [-0.4, -0.2) is 29.9 Å². The van der Waals surface area contributed by atoms with Gasteiger partial charge >= 0.3 is 6.03 Å². The van der Waals surface area contributed by atoms with Gasteiger partial charge in [0.05, 0.1) is 29.8 Å². The van der Waals surface area contributed by atoms with Crippen molar-refractivity contribution in [1.29, 1.82) is 0 Å². The summed E-state index contributed by atoms with van der Waals surface area (Å²) >= 11 is 6.21. The van der Waals surface area contributed by atoms with Gasteiger partial charge in [-0.15, -0.1) is 0 Å². The van der Waals surface area contributed by atoms with Gasteiger partial charge in [-0.3, -0.25) is 0 Å². The minimum Gasteiger partial charge on any atom is -0.492 e. The average molecular weight is 339 g/mol. The first kappa shape index (κ1) is 16.4. The van der Waals surface area contributed by atoms with Crippen LogP contribution in [0.2, 0.25) is 5.02 Å². The van der Waals surface area contributed by atoms with Crippen molar-refractivity contribution in [2.75, 3.05) is 13.2 Å². The highest BCUT2D eigenvalue weighted by atomic mass is 35.5. The number of aliphatic hydroxyl groups is 1. The molecule has 0 radical (unpaired) electrons. The van der Waals surface area contributed by atoms with Crippen LogP contribution >= 0.6 is 11.6 Å². The Morgan fingerprint density at radius 2 is 2.13 bits per heavy atom. The minimum absolute atomic E-state index is 0.0172. The molecule has 1 atom stereocenters. The fourth-order valence-electron chi connectivity index (χ4n) is 3.53. The maximum atomic E-state index is 12.4. The lowest BCUT2D eigenvalue weighted by Gasteiger charge is -2.29. The highest BCUT2D eigenvalue weighted by molar-refractivity contribution is 6.32. The van der Waals surface area contributed by atoms with E-state index >= 15 is 0 Å². The number of para-hydroxylation sites is 1. The van der Waals surface area contributed by atoms with E-state index in [9.17, 15) is 9.90 Å². The molecule has 0 aromatic heterocycles. The quantitative estimate of drug-likeness (QED) is 0.792. The second-order valence-electron chi connectivity index (χ2n) is 6.45. The number of hydrogen-bond acceptors (Lipinski definition) is 3. The molecular formula is C17H23ClN2O3. The molecule has 6 heteroatoms. The number of amides is 2. The summed E-state index contributed by atoms with van der Waals surface area (Å²) in [6.07, 6.45) is 5.38. The van der Waals surface area contributed by atoms with Crippen LogP contribution < -0.4 is 15.4 Å². The lowest BCUT2D eigenvalue weighted by molar-refractivity contribution is 0.161. The Hall–Kier alpha value is -1.46. The SMILES string of the molecule is O=C(NC1CCCOc2c(Cl)cccc21)NC1(CO)CCCC1. The van der Waals surface area contributed by atoms with Crippen molar-refractivity contribution in [2.24, 2.45) is 0 Å². The maximum absolute atomic E-state index is 12.4. The minimum atomic E-state index is -0.470. The number of aliphatic hydroxyl groups excluding tert-OH is 1. The number of rotatable bonds is 3. The largest absolute Gasteiger partial charge is 0.492 e. The molecule has 2 aliphatic rings. The Balaban J connectivity index is 1.72. The van der Waals surface area contributed by atoms with Crippen LogP contribution in [0.3, 0.4) is 0 Å². The summed E-state index contributed by atoms with van der Waals surface area (Å²) in [6.45, 7) is 0.577. The summed E-state index contributed by atoms with van der Waals surface area (Å²) in [6, 6.07) is 5.23. The number of hydrogen-bond donors (Lipinski definition) is 3. The van der Waals surface area contributed by atoms with E-state index in [1.54, 1.807) is 6.07 Å². The molecule has 3 N–H and O–H groups in total. The first-order valence-electron chi connectivity index (χ1n) is 8.24. The summed E-state index contributed by atoms with van der Waals surface area (Å²) in [4.78, 5) is 12.4. The van der Waals surface area contributed by atoms with Gasteiger partial charge in [-0.25, -0.2) is 4.79 Å². The van der Waals surface area contributed by atoms with Gasteiger partial charge in [0.1, 0.15) is 5.75 Å². The number of halogens is 1. The summed E-state index contributed by atoms with van der Waals surface area (Å²) in [5.41, 5.74) is 0.442. The van der Waals surface area contributed by atoms with E-state index in [-0.39, 0.29) is 18.7 Å². The number of benzene rings is 1. The van der Waals surface area contributed by atoms with Crippen molar-refractivity contribution in [2.45, 2.75) is 50.1 Å². The Morgan fingerprint density at radius 3 is 2.87 bits per heavy atom. The number of carbonyl (C=O) groups is 1. The molecule has 1 heterocycles. The lowest BCUT2D eigenvalue weighted by atomic mass is 9.99. The molecule has 0 bridgehead atoms. The van der Waals surface area contributed by atoms with Gasteiger partial charge in [0.2, 0.25) is 0 Å². The Bertz CT molecular complexity index is 573. The van der Waals surface area contributed by atoms with E-state index in [1.807, 2.05) is 12.1 Å². The van der Waals surface area contributed by atoms with E-state index < -0.39 is 5.54 Å². The molecule has 1 fully saturated rings. The van der Waals surface area contributed by atoms with Crippen molar-refractivity contribution in [3.05, 3.63) is 28.8 Å². The zero-order valence-corrected chi connectivity index (χ0v) is 13.9. The third-order valence-corrected chi connectivity index (χ3v) is 5.10. The average Bonchev–Trinajstić information content (AvgIpc) is 2.90. The van der Waals surface area contributed by atoms with Gasteiger partial charge in [-0.1, -0.05) is 36.6 Å². The molecule has 1 saturated carbocycles. The normalized spacial score (nSPS) is 22.6. The Kier molecular flexibility index (Phi) is 4.97. The summed E-state index contributed by atoms with van der Waals surface area (Å²) in [5.74, 6) is 0.662. The second kappa shape index (κ2) is 6.97. The standard InChI is InChI=1S/C17H23ClN2O3/c18-13-6-3-5-12-14(7-4-10-23-15(12)13)19-16(22)20-17(11-21)8-1-2-9-17/h3,5-6,14,21H,1-2,4,7-11H2,(H2,19,20,22). The van der Waals surface area contributed by atoms with Gasteiger partial charge in [0.15, 0.2) is 0 Å². The molecule has 126 valence electrons. The van der Waals surface area contributed by atoms with Crippen LogP contribution in [0.5, 0.6) is 5.75 Å². The molecular weight excluding hydrogens is 316 g/mol. The molecule has 0 spiro atoms. The van der Waals surface area contributed by atoms with Crippen LogP contribution in [0.15, 0.2) is 18.2 Å². The molecule has 1 unspecified atom stereocenters. The first-order chi connectivity index (χ1) is 11.1. The van der Waals surface area contributed by atoms with Crippen molar-refractivity contribution >= 4 is 17.6 Å². The summed E-state index contributed by atoms with van der Waals surface area (Å²) in [7, 11) is 0. The number of ether oxygens (including phenoxy) is 1. The van der Waals surface area contributed by atoms with Crippen molar-refractivity contribution in [3.8, 4) is 5.75 Å². The summed E-state index contributed by atoms with van der Waals surface area (Å²) < 4.78 is 5.72. The van der Waals surface area contributed by atoms with Crippen LogP contribution in [-0.2, 0) is 0 Å². The van der Waals surface area contributed by atoms with Crippen LogP contribution in [0.1, 0.15) is 50.1 Å². The van der Waals surface area contributed by atoms with Crippen LogP contribution in [0.25, 0.3) is 0 Å². The topological polar surface area (TPSA) is 70.6 Å². The molecule has 0 saturated heterocycles. The molecule has 1 aliphatic carbocycles. The molecule has 23 heavy (non-hydrogen) atoms. The van der Waals surface area contributed by atoms with E-state index in [0.29, 0.717) is 17.4 Å². The van der Waals surface area contributed by atoms with Crippen LogP contribution in [0.4, 0.5) is 4.79 Å². The third kappa shape index (κ3) is 3.56. The van der Waals surface area contributed by atoms with E-state index in [2.05, 4.69) is 10.6 Å². The Morgan fingerprint density at radius 1 is 1.35 bits per heavy atom. The molecule has 5 nitrogen and oxygen atoms in total. The van der Waals surface area contributed by atoms with Gasteiger partial charge in [0, 0.05) is 5.56 Å². The van der Waals surface area contributed by atoms with Crippen molar-refractivity contribution in [3.63, 3.8) is 0 Å². The van der Waals surface area contributed by atoms with Crippen molar-refractivity contribution in [1.82, 2.24) is 10.6 Å². The fraction of sp³-hybridized carbons (Fsp3) is 0.588. The smallest absolute Gasteiger partial charge is 0.315 e. The highest BCUT2D eigenvalue weighted by Gasteiger charge is 2.35. The zero-order chi connectivity index (χ0) is 16.3. The third-order valence-electron chi connectivity index (χ3n) is 4.80. The monoisotopic (exact) mass is 338 g/mol. The predicted octanol–water partition coefficient (Wildman–Crippen LogP) is 3.16. The molecule has 3 rings (SSSR count). The van der Waals surface area contributed by atoms with E-state index in [1.165, 1.54) is 0 Å². The van der Waals surface area contributed by atoms with Gasteiger partial charge in [-0.05, 0) is 31.7 Å². The Labute approximate surface area is 141 Å². The molecule has 1 aliphatic heterocycles. The summed E-state index contributed by atoms with van der Waals surface area (Å²) in [5, 5.41) is 16.2. The molecule has 1 aromatic rings. The fourth-order valence-corrected chi connectivity index (χ4v) is 3.77. The zero-order valence-electron chi connectivity index (χ0n) is 13.1.